The van der Waals surface area contributed by atoms with Gasteiger partial charge in [0.15, 0.2) is 0 Å². The molecule has 0 bridgehead atoms. The first-order valence-electron chi connectivity index (χ1n) is 11.0. The Balaban J connectivity index is 1.62. The molecular weight excluding hydrogens is 378 g/mol. The van der Waals surface area contributed by atoms with Crippen LogP contribution in [0.2, 0.25) is 0 Å². The van der Waals surface area contributed by atoms with Gasteiger partial charge in [-0.2, -0.15) is 0 Å². The number of quaternary nitrogens is 1. The van der Waals surface area contributed by atoms with Crippen molar-refractivity contribution in [1.82, 2.24) is 4.57 Å². The van der Waals surface area contributed by atoms with Crippen LogP contribution in [0.4, 0.5) is 5.69 Å². The molecule has 0 unspecified atom stereocenters. The molecule has 0 saturated carbocycles. The predicted molar refractivity (Wildman–Crippen MR) is 120 cm³/mol. The molecule has 0 spiro atoms. The van der Waals surface area contributed by atoms with Gasteiger partial charge in [0.2, 0.25) is 5.78 Å². The second-order valence-electron chi connectivity index (χ2n) is 8.20. The number of benzene rings is 1. The maximum absolute atomic E-state index is 13.1. The number of anilines is 1. The summed E-state index contributed by atoms with van der Waals surface area (Å²) < 4.78 is 13.3. The summed E-state index contributed by atoms with van der Waals surface area (Å²) in [5.41, 5.74) is 4.17. The number of nitrogens with zero attached hydrogens (tertiary/aromatic N) is 2. The zero-order chi connectivity index (χ0) is 21.7. The van der Waals surface area contributed by atoms with Crippen molar-refractivity contribution in [3.8, 4) is 5.75 Å². The Morgan fingerprint density at radius 2 is 1.90 bits per heavy atom. The molecule has 2 aromatic rings. The second-order valence-corrected chi connectivity index (χ2v) is 8.20. The third kappa shape index (κ3) is 4.87. The molecule has 1 aliphatic heterocycles. The molecule has 0 amide bonds. The van der Waals surface area contributed by atoms with Crippen LogP contribution in [-0.2, 0) is 4.74 Å². The van der Waals surface area contributed by atoms with E-state index >= 15 is 0 Å². The molecule has 1 saturated heterocycles. The average Bonchev–Trinajstić information content (AvgIpc) is 3.04. The third-order valence-corrected chi connectivity index (χ3v) is 6.02. The van der Waals surface area contributed by atoms with Crippen molar-refractivity contribution in [2.24, 2.45) is 0 Å². The van der Waals surface area contributed by atoms with Crippen LogP contribution < -0.4 is 14.5 Å². The summed E-state index contributed by atoms with van der Waals surface area (Å²) in [6, 6.07) is 10.5. The van der Waals surface area contributed by atoms with Gasteiger partial charge < -0.3 is 23.8 Å². The van der Waals surface area contributed by atoms with E-state index < -0.39 is 0 Å². The van der Waals surface area contributed by atoms with Gasteiger partial charge in [0.05, 0.1) is 51.1 Å². The van der Waals surface area contributed by atoms with Crippen LogP contribution in [0.25, 0.3) is 0 Å². The molecule has 1 N–H and O–H groups in total. The molecule has 6 nitrogen and oxygen atoms in total. The number of rotatable bonds is 9. The zero-order valence-electron chi connectivity index (χ0n) is 19.0. The van der Waals surface area contributed by atoms with Crippen molar-refractivity contribution in [3.05, 3.63) is 47.3 Å². The van der Waals surface area contributed by atoms with E-state index in [0.717, 1.165) is 54.6 Å². The molecule has 3 rings (SSSR count). The van der Waals surface area contributed by atoms with Gasteiger partial charge in [-0.3, -0.25) is 4.79 Å². The fourth-order valence-electron chi connectivity index (χ4n) is 4.61. The summed E-state index contributed by atoms with van der Waals surface area (Å²) in [7, 11) is 1.71. The van der Waals surface area contributed by atoms with E-state index in [1.807, 2.05) is 32.0 Å². The van der Waals surface area contributed by atoms with E-state index in [1.165, 1.54) is 4.90 Å². The topological polar surface area (TPSA) is 48.1 Å². The molecule has 6 heteroatoms. The van der Waals surface area contributed by atoms with Crippen LogP contribution in [0.5, 0.6) is 5.75 Å². The van der Waals surface area contributed by atoms with E-state index in [4.69, 9.17) is 9.47 Å². The highest BCUT2D eigenvalue weighted by Gasteiger charge is 2.26. The standard InChI is InChI=1S/C24H35N3O3/c1-6-30-24-10-8-7-9-22(24)26-13-11-25(12-14-26)16-23(28)21-15-18(2)27(20(21)4)19(3)17-29-5/h7-10,15,19H,6,11-14,16-17H2,1-5H3/p+1/t19-/m1/s1. The minimum atomic E-state index is 0.220. The molecule has 164 valence electrons. The molecule has 1 aliphatic rings. The largest absolute Gasteiger partial charge is 0.492 e. The van der Waals surface area contributed by atoms with Crippen LogP contribution in [0.1, 0.15) is 41.6 Å². The first kappa shape index (κ1) is 22.4. The van der Waals surface area contributed by atoms with Gasteiger partial charge in [-0.25, -0.2) is 0 Å². The van der Waals surface area contributed by atoms with Gasteiger partial charge in [-0.15, -0.1) is 0 Å². The number of hydrogen-bond donors (Lipinski definition) is 1. The molecular formula is C24H36N3O3+. The average molecular weight is 415 g/mol. The number of ketones is 1. The lowest BCUT2D eigenvalue weighted by Crippen LogP contribution is -3.15. The summed E-state index contributed by atoms with van der Waals surface area (Å²) in [6.07, 6.45) is 0. The van der Waals surface area contributed by atoms with Crippen molar-refractivity contribution >= 4 is 11.5 Å². The number of aryl methyl sites for hydroxylation is 1. The van der Waals surface area contributed by atoms with Gasteiger partial charge >= 0.3 is 0 Å². The van der Waals surface area contributed by atoms with E-state index in [-0.39, 0.29) is 11.8 Å². The van der Waals surface area contributed by atoms with Gasteiger partial charge in [0.25, 0.3) is 0 Å². The van der Waals surface area contributed by atoms with Crippen LogP contribution in [0, 0.1) is 13.8 Å². The van der Waals surface area contributed by atoms with E-state index in [2.05, 4.69) is 35.4 Å². The Bertz CT molecular complexity index is 853. The SMILES string of the molecule is CCOc1ccccc1N1CC[NH+](CC(=O)c2cc(C)n([C@H](C)COC)c2C)CC1. The summed E-state index contributed by atoms with van der Waals surface area (Å²) in [5, 5.41) is 0. The smallest absolute Gasteiger partial charge is 0.218 e. The lowest BCUT2D eigenvalue weighted by atomic mass is 10.1. The van der Waals surface area contributed by atoms with Gasteiger partial charge in [-0.1, -0.05) is 12.1 Å². The van der Waals surface area contributed by atoms with E-state index in [1.54, 1.807) is 7.11 Å². The number of ether oxygens (including phenoxy) is 2. The molecule has 30 heavy (non-hydrogen) atoms. The number of methoxy groups -OCH3 is 1. The number of carbonyl (C=O) groups is 1. The first-order chi connectivity index (χ1) is 14.5. The molecule has 0 radical (unpaired) electrons. The zero-order valence-corrected chi connectivity index (χ0v) is 19.0. The Hall–Kier alpha value is -2.31. The normalized spacial score (nSPS) is 16.0. The number of Topliss-reactive ketones (excluding diaryl/α,β-unsaturated/α-hetero) is 1. The van der Waals surface area contributed by atoms with Gasteiger partial charge in [0, 0.05) is 24.1 Å². The maximum Gasteiger partial charge on any atom is 0.218 e. The summed E-state index contributed by atoms with van der Waals surface area (Å²) >= 11 is 0. The summed E-state index contributed by atoms with van der Waals surface area (Å²) in [6.45, 7) is 13.9. The number of aromatic nitrogens is 1. The van der Waals surface area contributed by atoms with Crippen molar-refractivity contribution in [2.75, 3.05) is 57.9 Å². The Morgan fingerprint density at radius 1 is 1.20 bits per heavy atom. The van der Waals surface area contributed by atoms with E-state index in [0.29, 0.717) is 19.8 Å². The van der Waals surface area contributed by atoms with Crippen LogP contribution >= 0.6 is 0 Å². The monoisotopic (exact) mass is 414 g/mol. The van der Waals surface area contributed by atoms with Gasteiger partial charge in [-0.05, 0) is 45.9 Å². The second kappa shape index (κ2) is 10.1. The number of carbonyl (C=O) groups excluding carboxylic acids is 1. The number of piperazine rings is 1. The summed E-state index contributed by atoms with van der Waals surface area (Å²) in [5.74, 6) is 1.18. The highest BCUT2D eigenvalue weighted by molar-refractivity contribution is 5.98. The Kier molecular flexibility index (Phi) is 7.56. The number of nitrogens with one attached hydrogen (secondary N) is 1. The van der Waals surface area contributed by atoms with Crippen LogP contribution in [-0.4, -0.2) is 63.4 Å². The molecule has 1 atom stereocenters. The number of para-hydroxylation sites is 2. The number of hydrogen-bond acceptors (Lipinski definition) is 4. The minimum Gasteiger partial charge on any atom is -0.492 e. The first-order valence-corrected chi connectivity index (χ1v) is 11.0. The molecule has 1 aromatic carbocycles. The Morgan fingerprint density at radius 3 is 2.57 bits per heavy atom. The predicted octanol–water partition coefficient (Wildman–Crippen LogP) is 2.30. The highest BCUT2D eigenvalue weighted by atomic mass is 16.5. The van der Waals surface area contributed by atoms with Crippen LogP contribution in [0.3, 0.4) is 0 Å². The molecule has 1 aromatic heterocycles. The molecule has 2 heterocycles. The third-order valence-electron chi connectivity index (χ3n) is 6.02. The quantitative estimate of drug-likeness (QED) is 0.640. The maximum atomic E-state index is 13.1. The lowest BCUT2D eigenvalue weighted by Gasteiger charge is -2.34. The minimum absolute atomic E-state index is 0.220. The van der Waals surface area contributed by atoms with Crippen molar-refractivity contribution < 1.29 is 19.2 Å². The fraction of sp³-hybridized carbons (Fsp3) is 0.542. The van der Waals surface area contributed by atoms with E-state index in [9.17, 15) is 4.79 Å². The van der Waals surface area contributed by atoms with Crippen molar-refractivity contribution in [2.45, 2.75) is 33.7 Å². The molecule has 0 aliphatic carbocycles. The summed E-state index contributed by atoms with van der Waals surface area (Å²) in [4.78, 5) is 16.8. The fourth-order valence-corrected chi connectivity index (χ4v) is 4.61. The van der Waals surface area contributed by atoms with Crippen molar-refractivity contribution in [3.63, 3.8) is 0 Å². The van der Waals surface area contributed by atoms with Crippen LogP contribution in [0.15, 0.2) is 30.3 Å². The highest BCUT2D eigenvalue weighted by Crippen LogP contribution is 2.28. The molecule has 1 fully saturated rings. The lowest BCUT2D eigenvalue weighted by molar-refractivity contribution is -0.892. The Labute approximate surface area is 180 Å². The van der Waals surface area contributed by atoms with Gasteiger partial charge in [0.1, 0.15) is 12.3 Å². The van der Waals surface area contributed by atoms with Crippen molar-refractivity contribution in [1.29, 1.82) is 0 Å².